The van der Waals surface area contributed by atoms with Crippen molar-refractivity contribution in [2.75, 3.05) is 0 Å². The Morgan fingerprint density at radius 2 is 1.95 bits per heavy atom. The van der Waals surface area contributed by atoms with Crippen molar-refractivity contribution >= 4 is 0 Å². The summed E-state index contributed by atoms with van der Waals surface area (Å²) in [5, 5.41) is 8.16. The van der Waals surface area contributed by atoms with Gasteiger partial charge < -0.3 is 0 Å². The first kappa shape index (κ1) is 13.8. The van der Waals surface area contributed by atoms with Crippen LogP contribution in [-0.2, 0) is 0 Å². The fourth-order valence-corrected chi connectivity index (χ4v) is 1.59. The lowest BCUT2D eigenvalue weighted by molar-refractivity contribution is 0.772. The Labute approximate surface area is 117 Å². The van der Waals surface area contributed by atoms with E-state index in [1.165, 1.54) is 0 Å². The van der Waals surface area contributed by atoms with Crippen molar-refractivity contribution in [1.82, 2.24) is 29.9 Å². The number of aryl methyl sites for hydroxylation is 1. The molecule has 3 aromatic heterocycles. The quantitative estimate of drug-likeness (QED) is 0.714. The van der Waals surface area contributed by atoms with E-state index >= 15 is 0 Å². The second-order valence-corrected chi connectivity index (χ2v) is 3.75. The molecule has 0 spiro atoms. The molecule has 3 rings (SSSR count). The predicted molar refractivity (Wildman–Crippen MR) is 76.3 cm³/mol. The fourth-order valence-electron chi connectivity index (χ4n) is 1.59. The van der Waals surface area contributed by atoms with Crippen molar-refractivity contribution < 1.29 is 0 Å². The second kappa shape index (κ2) is 6.51. The predicted octanol–water partition coefficient (Wildman–Crippen LogP) is 2.45. The summed E-state index contributed by atoms with van der Waals surface area (Å²) < 4.78 is 1.62. The maximum absolute atomic E-state index is 4.28. The van der Waals surface area contributed by atoms with Gasteiger partial charge in [0.25, 0.3) is 0 Å². The molecule has 102 valence electrons. The van der Waals surface area contributed by atoms with E-state index in [4.69, 9.17) is 0 Å². The Hall–Kier alpha value is -2.63. The molecule has 0 unspecified atom stereocenters. The van der Waals surface area contributed by atoms with Gasteiger partial charge in [-0.2, -0.15) is 0 Å². The molecule has 0 saturated heterocycles. The second-order valence-electron chi connectivity index (χ2n) is 3.75. The molecular weight excluding hydrogens is 252 g/mol. The summed E-state index contributed by atoms with van der Waals surface area (Å²) in [4.78, 5) is 12.4. The van der Waals surface area contributed by atoms with Gasteiger partial charge in [-0.05, 0) is 19.1 Å². The zero-order valence-electron chi connectivity index (χ0n) is 11.7. The minimum absolute atomic E-state index is 0.699. The van der Waals surface area contributed by atoms with Crippen molar-refractivity contribution in [1.29, 1.82) is 0 Å². The van der Waals surface area contributed by atoms with Crippen LogP contribution in [0.5, 0.6) is 0 Å². The number of pyridine rings is 1. The summed E-state index contributed by atoms with van der Waals surface area (Å²) in [5.41, 5.74) is 1.69. The van der Waals surface area contributed by atoms with Crippen molar-refractivity contribution in [3.05, 3.63) is 48.8 Å². The van der Waals surface area contributed by atoms with Crippen LogP contribution in [0.1, 0.15) is 19.7 Å². The van der Waals surface area contributed by atoms with E-state index < -0.39 is 0 Å². The zero-order chi connectivity index (χ0) is 14.4. The molecule has 0 aliphatic rings. The van der Waals surface area contributed by atoms with Gasteiger partial charge in [0.1, 0.15) is 11.5 Å². The van der Waals surface area contributed by atoms with Gasteiger partial charge in [-0.25, -0.2) is 14.6 Å². The van der Waals surface area contributed by atoms with Gasteiger partial charge in [-0.3, -0.25) is 4.98 Å². The van der Waals surface area contributed by atoms with Crippen LogP contribution in [0.4, 0.5) is 0 Å². The molecule has 0 aromatic carbocycles. The molecule has 0 bridgehead atoms. The van der Waals surface area contributed by atoms with Gasteiger partial charge in [0, 0.05) is 30.2 Å². The molecule has 3 heterocycles. The number of nitrogens with zero attached hydrogens (tertiary/aromatic N) is 6. The molecular formula is C14H16N6. The van der Waals surface area contributed by atoms with E-state index in [-0.39, 0.29) is 0 Å². The summed E-state index contributed by atoms with van der Waals surface area (Å²) in [6, 6.07) is 5.59. The fraction of sp³-hybridized carbons (Fsp3) is 0.214. The van der Waals surface area contributed by atoms with Crippen LogP contribution in [0.3, 0.4) is 0 Å². The number of hydrogen-bond donors (Lipinski definition) is 0. The summed E-state index contributed by atoms with van der Waals surface area (Å²) in [7, 11) is 0. The molecule has 0 radical (unpaired) electrons. The molecule has 3 aromatic rings. The van der Waals surface area contributed by atoms with Crippen molar-refractivity contribution in [3.8, 4) is 17.1 Å². The van der Waals surface area contributed by atoms with Crippen LogP contribution in [0, 0.1) is 6.92 Å². The highest BCUT2D eigenvalue weighted by Crippen LogP contribution is 2.15. The van der Waals surface area contributed by atoms with Gasteiger partial charge in [0.2, 0.25) is 0 Å². The monoisotopic (exact) mass is 268 g/mol. The molecule has 0 fully saturated rings. The first-order chi connectivity index (χ1) is 9.83. The third-order valence-electron chi connectivity index (χ3n) is 2.45. The molecule has 20 heavy (non-hydrogen) atoms. The van der Waals surface area contributed by atoms with E-state index in [0.29, 0.717) is 11.6 Å². The van der Waals surface area contributed by atoms with E-state index in [9.17, 15) is 0 Å². The van der Waals surface area contributed by atoms with Gasteiger partial charge in [0.05, 0.1) is 6.20 Å². The topological polar surface area (TPSA) is 69.4 Å². The summed E-state index contributed by atoms with van der Waals surface area (Å²) in [5.74, 6) is 1.40. The highest BCUT2D eigenvalue weighted by molar-refractivity contribution is 5.56. The van der Waals surface area contributed by atoms with Crippen molar-refractivity contribution in [2.24, 2.45) is 0 Å². The Morgan fingerprint density at radius 1 is 1.10 bits per heavy atom. The Balaban J connectivity index is 0.000000704. The average molecular weight is 268 g/mol. The number of aromatic nitrogens is 6. The van der Waals surface area contributed by atoms with Gasteiger partial charge in [0.15, 0.2) is 5.82 Å². The largest absolute Gasteiger partial charge is 0.264 e. The summed E-state index contributed by atoms with van der Waals surface area (Å²) >= 11 is 0. The molecule has 0 aliphatic heterocycles. The molecule has 0 N–H and O–H groups in total. The highest BCUT2D eigenvalue weighted by atomic mass is 15.4. The first-order valence-corrected chi connectivity index (χ1v) is 6.46. The highest BCUT2D eigenvalue weighted by Gasteiger charge is 2.06. The lowest BCUT2D eigenvalue weighted by Crippen LogP contribution is -2.00. The maximum Gasteiger partial charge on any atom is 0.158 e. The zero-order valence-corrected chi connectivity index (χ0v) is 11.7. The number of rotatable bonds is 2. The number of hydrogen-bond acceptors (Lipinski definition) is 5. The Kier molecular flexibility index (Phi) is 4.49. The lowest BCUT2D eigenvalue weighted by atomic mass is 10.2. The SMILES string of the molecule is CC.Cc1nccc(-n2cc(-c3cccnc3)nn2)n1. The molecule has 6 heteroatoms. The standard InChI is InChI=1S/C12H10N6.C2H6/c1-9-14-6-4-12(15-9)18-8-11(16-17-18)10-3-2-5-13-7-10;1-2/h2-8H,1H3;1-2H3. The van der Waals surface area contributed by atoms with Crippen LogP contribution in [0.2, 0.25) is 0 Å². The molecule has 0 aliphatic carbocycles. The van der Waals surface area contributed by atoms with E-state index in [1.54, 1.807) is 29.3 Å². The first-order valence-electron chi connectivity index (χ1n) is 6.46. The third kappa shape index (κ3) is 3.03. The Morgan fingerprint density at radius 3 is 2.65 bits per heavy atom. The third-order valence-corrected chi connectivity index (χ3v) is 2.45. The average Bonchev–Trinajstić information content (AvgIpc) is 3.00. The maximum atomic E-state index is 4.28. The molecule has 0 saturated carbocycles. The van der Waals surface area contributed by atoms with Gasteiger partial charge in [-0.15, -0.1) is 5.10 Å². The summed E-state index contributed by atoms with van der Waals surface area (Å²) in [6.07, 6.45) is 6.99. The van der Waals surface area contributed by atoms with Crippen molar-refractivity contribution in [3.63, 3.8) is 0 Å². The van der Waals surface area contributed by atoms with E-state index in [2.05, 4.69) is 25.3 Å². The van der Waals surface area contributed by atoms with Crippen LogP contribution >= 0.6 is 0 Å². The van der Waals surface area contributed by atoms with Crippen LogP contribution in [-0.4, -0.2) is 29.9 Å². The Bertz CT molecular complexity index is 662. The van der Waals surface area contributed by atoms with Crippen molar-refractivity contribution in [2.45, 2.75) is 20.8 Å². The molecule has 6 nitrogen and oxygen atoms in total. The molecule has 0 amide bonds. The van der Waals surface area contributed by atoms with Crippen LogP contribution < -0.4 is 0 Å². The van der Waals surface area contributed by atoms with E-state index in [0.717, 1.165) is 11.3 Å². The summed E-state index contributed by atoms with van der Waals surface area (Å²) in [6.45, 7) is 5.84. The van der Waals surface area contributed by atoms with Crippen LogP contribution in [0.15, 0.2) is 43.0 Å². The van der Waals surface area contributed by atoms with Gasteiger partial charge >= 0.3 is 0 Å². The minimum Gasteiger partial charge on any atom is -0.264 e. The minimum atomic E-state index is 0.699. The normalized spacial score (nSPS) is 9.75. The smallest absolute Gasteiger partial charge is 0.158 e. The van der Waals surface area contributed by atoms with Gasteiger partial charge in [-0.1, -0.05) is 19.1 Å². The molecule has 0 atom stereocenters. The van der Waals surface area contributed by atoms with Crippen LogP contribution in [0.25, 0.3) is 17.1 Å². The lowest BCUT2D eigenvalue weighted by Gasteiger charge is -1.98. The van der Waals surface area contributed by atoms with E-state index in [1.807, 2.05) is 39.1 Å².